The maximum atomic E-state index is 2.43. The monoisotopic (exact) mass is 1500 g/mol. The molecule has 0 amide bonds. The van der Waals surface area contributed by atoms with Gasteiger partial charge in [-0.1, -0.05) is 340 Å². The number of nitrogens with zero attached hydrogens (tertiary/aromatic N) is 4. The summed E-state index contributed by atoms with van der Waals surface area (Å²) < 4.78 is 9.67. The molecule has 0 saturated carbocycles. The molecule has 4 aliphatic heterocycles. The molecule has 0 aliphatic carbocycles. The highest BCUT2D eigenvalue weighted by Crippen LogP contribution is 2.46. The summed E-state index contributed by atoms with van der Waals surface area (Å²) in [4.78, 5) is 0. The van der Waals surface area contributed by atoms with Gasteiger partial charge in [0.2, 0.25) is 22.8 Å². The molecule has 0 bridgehead atoms. The number of rotatable bonds is 3. The number of hydrogen-bond acceptors (Lipinski definition) is 0. The van der Waals surface area contributed by atoms with Crippen molar-refractivity contribution in [3.63, 3.8) is 0 Å². The Kier molecular flexibility index (Phi) is 15.6. The summed E-state index contributed by atoms with van der Waals surface area (Å²) in [7, 11) is 0. The molecule has 19 aromatic carbocycles. The maximum Gasteiger partial charge on any atom is 0.214 e. The molecular formula is C114H76N4+4. The number of pyridine rings is 4. The second-order valence-corrected chi connectivity index (χ2v) is 32.2. The highest BCUT2D eigenvalue weighted by atomic mass is 15.0. The highest BCUT2D eigenvalue weighted by molar-refractivity contribution is 6.29. The zero-order valence-electron chi connectivity index (χ0n) is 64.9. The van der Waals surface area contributed by atoms with E-state index in [0.29, 0.717) is 0 Å². The van der Waals surface area contributed by atoms with Crippen molar-refractivity contribution in [2.45, 2.75) is 26.2 Å². The summed E-state index contributed by atoms with van der Waals surface area (Å²) in [5, 5.41) is 31.9. The van der Waals surface area contributed by atoms with E-state index in [1.165, 1.54) is 230 Å². The summed E-state index contributed by atoms with van der Waals surface area (Å²) in [5.41, 5.74) is 23.9. The van der Waals surface area contributed by atoms with Crippen LogP contribution in [0.3, 0.4) is 0 Å². The lowest BCUT2D eigenvalue weighted by atomic mass is 9.92. The Morgan fingerprint density at radius 3 is 0.805 bits per heavy atom. The van der Waals surface area contributed by atoms with Gasteiger partial charge in [-0.2, -0.15) is 18.3 Å². The van der Waals surface area contributed by atoms with Crippen molar-refractivity contribution in [1.82, 2.24) is 0 Å². The van der Waals surface area contributed by atoms with Gasteiger partial charge in [0, 0.05) is 68.1 Å². The second kappa shape index (κ2) is 27.3. The minimum absolute atomic E-state index is 0.919. The van der Waals surface area contributed by atoms with Gasteiger partial charge in [-0.3, -0.25) is 0 Å². The van der Waals surface area contributed by atoms with E-state index in [2.05, 4.69) is 431 Å². The third kappa shape index (κ3) is 10.9. The molecule has 27 rings (SSSR count). The van der Waals surface area contributed by atoms with Crippen molar-refractivity contribution >= 4 is 129 Å². The summed E-state index contributed by atoms with van der Waals surface area (Å²) in [5.74, 6) is 0. The summed E-state index contributed by atoms with van der Waals surface area (Å²) in [6, 6.07) is 141. The molecule has 118 heavy (non-hydrogen) atoms. The van der Waals surface area contributed by atoms with Gasteiger partial charge in [0.15, 0.2) is 51.0 Å². The average Bonchev–Trinajstić information content (AvgIpc) is 1.39. The van der Waals surface area contributed by atoms with Crippen LogP contribution >= 0.6 is 0 Å². The van der Waals surface area contributed by atoms with Crippen LogP contribution in [0.1, 0.15) is 22.3 Å². The molecule has 0 fully saturated rings. The number of fused-ring (bicyclic) bond motifs is 36. The first-order chi connectivity index (χ1) is 58.5. The first-order valence-corrected chi connectivity index (χ1v) is 41.2. The van der Waals surface area contributed by atoms with Crippen LogP contribution in [0.25, 0.3) is 208 Å². The Morgan fingerprint density at radius 2 is 0.398 bits per heavy atom. The molecule has 0 spiro atoms. The lowest BCUT2D eigenvalue weighted by Gasteiger charge is -2.10. The van der Waals surface area contributed by atoms with Crippen molar-refractivity contribution in [2.75, 3.05) is 0 Å². The minimum Gasteiger partial charge on any atom is -0.193 e. The Morgan fingerprint density at radius 1 is 0.136 bits per heavy atom. The molecular weight excluding hydrogens is 1430 g/mol. The highest BCUT2D eigenvalue weighted by Gasteiger charge is 2.34. The predicted octanol–water partition coefficient (Wildman–Crippen LogP) is 26.9. The van der Waals surface area contributed by atoms with Crippen LogP contribution in [0.4, 0.5) is 0 Å². The average molecular weight is 1500 g/mol. The van der Waals surface area contributed by atoms with Gasteiger partial charge in [0.1, 0.15) is 0 Å². The Hall–Kier alpha value is -15.1. The Bertz CT molecular complexity index is 8170. The van der Waals surface area contributed by atoms with Crippen molar-refractivity contribution in [3.8, 4) is 78.4 Å². The van der Waals surface area contributed by atoms with E-state index >= 15 is 0 Å². The molecule has 0 unspecified atom stereocenters. The van der Waals surface area contributed by atoms with Gasteiger partial charge < -0.3 is 0 Å². The minimum atomic E-state index is 0.919. The molecule has 4 aliphatic rings. The lowest BCUT2D eigenvalue weighted by molar-refractivity contribution is -0.670. The lowest BCUT2D eigenvalue weighted by Crippen LogP contribution is -2.31. The quantitative estimate of drug-likeness (QED) is 0.124. The molecule has 4 aromatic heterocycles. The van der Waals surface area contributed by atoms with Crippen LogP contribution in [0.5, 0.6) is 0 Å². The van der Waals surface area contributed by atoms with Crippen LogP contribution in [-0.4, -0.2) is 0 Å². The molecule has 23 aromatic rings. The third-order valence-electron chi connectivity index (χ3n) is 25.7. The molecule has 0 radical (unpaired) electrons. The van der Waals surface area contributed by atoms with Crippen LogP contribution in [0, 0.1) is 0 Å². The molecule has 4 heteroatoms. The fourth-order valence-corrected chi connectivity index (χ4v) is 20.3. The number of hydrogen-bond donors (Lipinski definition) is 0. The van der Waals surface area contributed by atoms with Gasteiger partial charge in [-0.25, -0.2) is 0 Å². The topological polar surface area (TPSA) is 15.5 Å². The Labute approximate surface area is 682 Å². The van der Waals surface area contributed by atoms with Crippen molar-refractivity contribution < 1.29 is 18.3 Å². The Balaban J connectivity index is 0.0000000902. The van der Waals surface area contributed by atoms with Crippen LogP contribution in [-0.2, 0) is 26.2 Å². The predicted molar refractivity (Wildman–Crippen MR) is 491 cm³/mol. The SMILES string of the molecule is c1ccc(-c2ccc3c(c2)-c2cc4c5ccccc5c5ccccc5c4c[n+]2C3)cc1.c1ccc(-c2ccc3c(c2)C[n+]2cc4c5ccccc5c5ccccc5c4cc2-3)cc1.c1ccc(-c2cccc3c2-c2cc4c5ccccc5c5ccccc5c4c[n+]2C3)cc1.c1ccc2c(c1)C[n+]1cc3c4ccccc4c4ccccc4c3cc1-2. The van der Waals surface area contributed by atoms with E-state index in [4.69, 9.17) is 0 Å². The third-order valence-corrected chi connectivity index (χ3v) is 25.7. The van der Waals surface area contributed by atoms with E-state index in [9.17, 15) is 0 Å². The van der Waals surface area contributed by atoms with Crippen LogP contribution in [0.2, 0.25) is 0 Å². The van der Waals surface area contributed by atoms with Crippen LogP contribution in [0.15, 0.2) is 413 Å². The van der Waals surface area contributed by atoms with Crippen LogP contribution < -0.4 is 18.3 Å². The fourth-order valence-electron chi connectivity index (χ4n) is 20.3. The standard InChI is InChI=1S/3C30H20N.C24H16N/c1-2-9-20(10-3-1)22-16-8-11-21-18-31-19-28-26-15-7-5-13-24(26)23-12-4-6-14-25(23)27(28)17-29(31)30(21)22;1-2-8-20(9-3-1)21-14-15-23-22(16-21)18-31-19-29-27-13-7-5-11-25(27)24-10-4-6-12-26(24)28(29)17-30(23)31;1-2-8-20(9-3-1)21-14-15-22-18-31-19-29-26-13-7-5-11-24(26)23-10-4-6-12-25(23)28(29)17-30(31)27(22)16-21;1-2-8-17-16(7-1)14-25-15-23-21-12-6-4-10-19(21)18-9-3-5-11-20(18)22(23)13-24(17)25/h3*1-17,19H,18H2;1-13,15H,14H2/q4*+1. The maximum absolute atomic E-state index is 2.43. The normalized spacial score (nSPS) is 12.4. The van der Waals surface area contributed by atoms with Crippen molar-refractivity contribution in [3.05, 3.63) is 435 Å². The molecule has 548 valence electrons. The van der Waals surface area contributed by atoms with Crippen molar-refractivity contribution in [1.29, 1.82) is 0 Å². The van der Waals surface area contributed by atoms with Gasteiger partial charge in [-0.05, 0) is 144 Å². The van der Waals surface area contributed by atoms with Gasteiger partial charge in [0.25, 0.3) is 0 Å². The molecule has 0 N–H and O–H groups in total. The molecule has 0 atom stereocenters. The summed E-state index contributed by atoms with van der Waals surface area (Å²) in [6.07, 6.45) is 9.44. The zero-order valence-corrected chi connectivity index (χ0v) is 64.9. The molecule has 4 nitrogen and oxygen atoms in total. The number of aromatic nitrogens is 4. The largest absolute Gasteiger partial charge is 0.214 e. The van der Waals surface area contributed by atoms with Gasteiger partial charge in [0.05, 0.1) is 43.8 Å². The van der Waals surface area contributed by atoms with E-state index < -0.39 is 0 Å². The summed E-state index contributed by atoms with van der Waals surface area (Å²) in [6.45, 7) is 3.73. The molecule has 0 saturated heterocycles. The van der Waals surface area contributed by atoms with Gasteiger partial charge >= 0.3 is 0 Å². The fraction of sp³-hybridized carbons (Fsp3) is 0.0351. The second-order valence-electron chi connectivity index (χ2n) is 32.2. The van der Waals surface area contributed by atoms with E-state index in [0.717, 1.165) is 26.2 Å². The smallest absolute Gasteiger partial charge is 0.193 e. The van der Waals surface area contributed by atoms with E-state index in [-0.39, 0.29) is 0 Å². The first kappa shape index (κ1) is 67.4. The van der Waals surface area contributed by atoms with E-state index in [1.54, 1.807) is 0 Å². The van der Waals surface area contributed by atoms with E-state index in [1.807, 2.05) is 0 Å². The number of benzene rings is 19. The van der Waals surface area contributed by atoms with Crippen molar-refractivity contribution in [2.24, 2.45) is 0 Å². The van der Waals surface area contributed by atoms with Gasteiger partial charge in [-0.15, -0.1) is 0 Å². The first-order valence-electron chi connectivity index (χ1n) is 41.2. The molecule has 8 heterocycles. The zero-order chi connectivity index (χ0) is 77.5. The summed E-state index contributed by atoms with van der Waals surface area (Å²) >= 11 is 0.